The molecule has 13 heteroatoms. The van der Waals surface area contributed by atoms with E-state index in [-0.39, 0.29) is 41.7 Å². The molecule has 0 spiro atoms. The zero-order valence-electron chi connectivity index (χ0n) is 33.9. The second kappa shape index (κ2) is 17.8. The molecule has 3 aromatic carbocycles. The van der Waals surface area contributed by atoms with Gasteiger partial charge in [0.1, 0.15) is 29.5 Å². The smallest absolute Gasteiger partial charge is 0.407 e. The number of aromatic nitrogens is 4. The molecule has 4 atom stereocenters. The quantitative estimate of drug-likeness (QED) is 0.110. The molecule has 2 aromatic heterocycles. The van der Waals surface area contributed by atoms with Crippen molar-refractivity contribution >= 4 is 17.9 Å². The SMILES string of the molecule is CCN(CC)[C@@H](C(=O)N1CCC[C@H]1c1ncc(-c2ccc(-c3ccc(-c4cnc([C@@H]5CCCN5C(=O)[C@@H](NC(=O)OC)C(C)C)[nH]4)cc3)cc2F)[nH]1)c1ccccc1. The number of imidazole rings is 2. The van der Waals surface area contributed by atoms with Crippen LogP contribution in [0.4, 0.5) is 9.18 Å². The summed E-state index contributed by atoms with van der Waals surface area (Å²) >= 11 is 0. The first-order chi connectivity index (χ1) is 28.1. The van der Waals surface area contributed by atoms with Gasteiger partial charge in [-0.15, -0.1) is 0 Å². The number of nitrogens with one attached hydrogen (secondary N) is 3. The van der Waals surface area contributed by atoms with Gasteiger partial charge < -0.3 is 29.8 Å². The molecule has 0 saturated carbocycles. The topological polar surface area (TPSA) is 140 Å². The Morgan fingerprint density at radius 3 is 1.97 bits per heavy atom. The van der Waals surface area contributed by atoms with Gasteiger partial charge in [0, 0.05) is 18.7 Å². The fourth-order valence-corrected chi connectivity index (χ4v) is 8.45. The number of carbonyl (C=O) groups is 3. The first kappa shape index (κ1) is 40.4. The number of likely N-dealkylation sites (N-methyl/N-ethyl adjacent to an activating group) is 1. The van der Waals surface area contributed by atoms with Gasteiger partial charge in [0.15, 0.2) is 0 Å². The van der Waals surface area contributed by atoms with Crippen molar-refractivity contribution in [3.63, 3.8) is 0 Å². The number of carbonyl (C=O) groups excluding carboxylic acids is 3. The third kappa shape index (κ3) is 8.27. The molecular weight excluding hydrogens is 736 g/mol. The van der Waals surface area contributed by atoms with E-state index < -0.39 is 12.1 Å². The molecule has 12 nitrogen and oxygen atoms in total. The van der Waals surface area contributed by atoms with Gasteiger partial charge in [-0.3, -0.25) is 14.5 Å². The Kier molecular flexibility index (Phi) is 12.4. The third-order valence-corrected chi connectivity index (χ3v) is 11.6. The van der Waals surface area contributed by atoms with E-state index in [1.165, 1.54) is 13.2 Å². The summed E-state index contributed by atoms with van der Waals surface area (Å²) in [5.74, 6) is 0.751. The van der Waals surface area contributed by atoms with Crippen LogP contribution >= 0.6 is 0 Å². The molecule has 7 rings (SSSR count). The van der Waals surface area contributed by atoms with Gasteiger partial charge >= 0.3 is 6.09 Å². The maximum atomic E-state index is 15.8. The Balaban J connectivity index is 1.03. The number of methoxy groups -OCH3 is 1. The predicted molar refractivity (Wildman–Crippen MR) is 221 cm³/mol. The summed E-state index contributed by atoms with van der Waals surface area (Å²) < 4.78 is 20.6. The van der Waals surface area contributed by atoms with Crippen LogP contribution in [0.25, 0.3) is 33.6 Å². The van der Waals surface area contributed by atoms with Crippen molar-refractivity contribution < 1.29 is 23.5 Å². The van der Waals surface area contributed by atoms with Crippen molar-refractivity contribution in [3.05, 3.63) is 108 Å². The number of hydrogen-bond acceptors (Lipinski definition) is 7. The average Bonchev–Trinajstić information content (AvgIpc) is 4.09. The maximum absolute atomic E-state index is 15.8. The van der Waals surface area contributed by atoms with E-state index in [1.54, 1.807) is 23.4 Å². The van der Waals surface area contributed by atoms with Crippen molar-refractivity contribution in [1.29, 1.82) is 0 Å². The zero-order valence-corrected chi connectivity index (χ0v) is 33.9. The van der Waals surface area contributed by atoms with E-state index in [2.05, 4.69) is 44.0 Å². The second-order valence-corrected chi connectivity index (χ2v) is 15.4. The van der Waals surface area contributed by atoms with Crippen LogP contribution in [0, 0.1) is 11.7 Å². The van der Waals surface area contributed by atoms with Gasteiger partial charge in [0.05, 0.1) is 43.0 Å². The summed E-state index contributed by atoms with van der Waals surface area (Å²) in [6.07, 6.45) is 6.01. The van der Waals surface area contributed by atoms with E-state index in [9.17, 15) is 14.4 Å². The van der Waals surface area contributed by atoms with Gasteiger partial charge in [0.25, 0.3) is 0 Å². The van der Waals surface area contributed by atoms with Gasteiger partial charge in [-0.1, -0.05) is 88.4 Å². The lowest BCUT2D eigenvalue weighted by molar-refractivity contribution is -0.138. The molecule has 3 N–H and O–H groups in total. The normalized spacial score (nSPS) is 17.9. The molecule has 0 bridgehead atoms. The summed E-state index contributed by atoms with van der Waals surface area (Å²) in [5, 5.41) is 2.68. The fourth-order valence-electron chi connectivity index (χ4n) is 8.45. The van der Waals surface area contributed by atoms with Gasteiger partial charge in [-0.25, -0.2) is 19.2 Å². The summed E-state index contributed by atoms with van der Waals surface area (Å²) in [4.78, 5) is 61.7. The van der Waals surface area contributed by atoms with Gasteiger partial charge in [0.2, 0.25) is 11.8 Å². The third-order valence-electron chi connectivity index (χ3n) is 11.6. The molecule has 2 aliphatic rings. The number of nitrogens with zero attached hydrogens (tertiary/aromatic N) is 5. The zero-order chi connectivity index (χ0) is 40.9. The molecule has 2 saturated heterocycles. The summed E-state index contributed by atoms with van der Waals surface area (Å²) in [7, 11) is 1.28. The lowest BCUT2D eigenvalue weighted by atomic mass is 10.0. The van der Waals surface area contributed by atoms with Crippen LogP contribution in [0.2, 0.25) is 0 Å². The standard InChI is InChI=1S/C45H53FN8O4/c1-6-52(7-2)40(31-13-9-8-10-14-31)44(56)54-24-12-16-38(54)42-48-27-36(50-42)33-22-21-32(25-34(33)46)29-17-19-30(20-18-29)35-26-47-41(49-35)37-15-11-23-53(37)43(55)39(28(3)4)51-45(57)58-5/h8-10,13-14,17-22,25-28,37-40H,6-7,11-12,15-16,23-24H2,1-5H3,(H,47,49)(H,48,50)(H,51,57)/t37-,38-,39-,40+/m0/s1. The average molecular weight is 789 g/mol. The highest BCUT2D eigenvalue weighted by Gasteiger charge is 2.39. The maximum Gasteiger partial charge on any atom is 0.407 e. The van der Waals surface area contributed by atoms with Crippen molar-refractivity contribution in [2.24, 2.45) is 5.92 Å². The molecule has 2 fully saturated rings. The number of H-pyrrole nitrogens is 2. The number of benzene rings is 3. The molecule has 304 valence electrons. The molecule has 58 heavy (non-hydrogen) atoms. The van der Waals surface area contributed by atoms with Gasteiger partial charge in [-0.2, -0.15) is 0 Å². The molecular formula is C45H53FN8O4. The van der Waals surface area contributed by atoms with Crippen molar-refractivity contribution in [1.82, 2.24) is 40.0 Å². The van der Waals surface area contributed by atoms with Crippen LogP contribution in [-0.2, 0) is 14.3 Å². The highest BCUT2D eigenvalue weighted by atomic mass is 19.1. The highest BCUT2D eigenvalue weighted by Crippen LogP contribution is 2.37. The monoisotopic (exact) mass is 788 g/mol. The van der Waals surface area contributed by atoms with Crippen LogP contribution in [0.5, 0.6) is 0 Å². The number of likely N-dealkylation sites (tertiary alicyclic amines) is 2. The summed E-state index contributed by atoms with van der Waals surface area (Å²) in [6, 6.07) is 21.4. The highest BCUT2D eigenvalue weighted by molar-refractivity contribution is 5.86. The van der Waals surface area contributed by atoms with Crippen LogP contribution in [0.3, 0.4) is 0 Å². The molecule has 3 amide bonds. The molecule has 0 aliphatic carbocycles. The van der Waals surface area contributed by atoms with Crippen LogP contribution in [0.1, 0.15) is 88.7 Å². The number of amides is 3. The minimum Gasteiger partial charge on any atom is -0.453 e. The van der Waals surface area contributed by atoms with Crippen molar-refractivity contribution in [2.45, 2.75) is 77.5 Å². The first-order valence-electron chi connectivity index (χ1n) is 20.4. The van der Waals surface area contributed by atoms with E-state index in [4.69, 9.17) is 4.74 Å². The van der Waals surface area contributed by atoms with Crippen molar-refractivity contribution in [3.8, 4) is 33.6 Å². The van der Waals surface area contributed by atoms with Crippen molar-refractivity contribution in [2.75, 3.05) is 33.3 Å². The van der Waals surface area contributed by atoms with E-state index in [0.717, 1.165) is 66.7 Å². The molecule has 4 heterocycles. The molecule has 2 aliphatic heterocycles. The number of hydrogen-bond donors (Lipinski definition) is 3. The van der Waals surface area contributed by atoms with E-state index in [1.807, 2.05) is 79.4 Å². The van der Waals surface area contributed by atoms with Crippen LogP contribution in [-0.4, -0.2) is 91.9 Å². The largest absolute Gasteiger partial charge is 0.453 e. The lowest BCUT2D eigenvalue weighted by Crippen LogP contribution is -2.51. The molecule has 0 unspecified atom stereocenters. The number of aromatic amines is 2. The van der Waals surface area contributed by atoms with E-state index >= 15 is 4.39 Å². The minimum atomic E-state index is -0.706. The Hall–Kier alpha value is -5.82. The molecule has 5 aromatic rings. The first-order valence-corrected chi connectivity index (χ1v) is 20.4. The Morgan fingerprint density at radius 1 is 0.810 bits per heavy atom. The Morgan fingerprint density at radius 2 is 1.38 bits per heavy atom. The van der Waals surface area contributed by atoms with Crippen LogP contribution < -0.4 is 5.32 Å². The van der Waals surface area contributed by atoms with Crippen LogP contribution in [0.15, 0.2) is 85.2 Å². The number of alkyl carbamates (subject to hydrolysis) is 1. The fraction of sp³-hybridized carbons (Fsp3) is 0.400. The molecule has 0 radical (unpaired) electrons. The van der Waals surface area contributed by atoms with E-state index in [0.29, 0.717) is 36.0 Å². The second-order valence-electron chi connectivity index (χ2n) is 15.4. The number of halogens is 1. The summed E-state index contributed by atoms with van der Waals surface area (Å²) in [6.45, 7) is 10.6. The minimum absolute atomic E-state index is 0.0588. The Labute approximate surface area is 339 Å². The van der Waals surface area contributed by atoms with Gasteiger partial charge in [-0.05, 0) is 79.1 Å². The summed E-state index contributed by atoms with van der Waals surface area (Å²) in [5.41, 5.74) is 5.24. The lowest BCUT2D eigenvalue weighted by Gasteiger charge is -2.34. The number of ether oxygens (including phenoxy) is 1. The Bertz CT molecular complexity index is 2200. The number of rotatable bonds is 13. The predicted octanol–water partition coefficient (Wildman–Crippen LogP) is 8.06.